The summed E-state index contributed by atoms with van der Waals surface area (Å²) < 4.78 is 5.49. The molecule has 2 atom stereocenters. The van der Waals surface area contributed by atoms with E-state index in [1.165, 1.54) is 0 Å². The monoisotopic (exact) mass is 275 g/mol. The second-order valence-corrected chi connectivity index (χ2v) is 4.85. The summed E-state index contributed by atoms with van der Waals surface area (Å²) in [6.45, 7) is 2.78. The quantitative estimate of drug-likeness (QED) is 0.816. The molecule has 0 bridgehead atoms. The highest BCUT2D eigenvalue weighted by Gasteiger charge is 2.28. The Labute approximate surface area is 119 Å². The van der Waals surface area contributed by atoms with Crippen LogP contribution in [0.4, 0.5) is 0 Å². The molecule has 0 amide bonds. The number of hydrogen-bond acceptors (Lipinski definition) is 5. The van der Waals surface area contributed by atoms with E-state index in [1.807, 2.05) is 66.5 Å². The SMILES string of the molecule is CCN1C=CN(C)C1OC(=O)[C@@H](N)Cc1ccccc1. The maximum Gasteiger partial charge on any atom is 0.326 e. The number of carbonyl (C=O) groups is 1. The summed E-state index contributed by atoms with van der Waals surface area (Å²) in [4.78, 5) is 15.9. The standard InChI is InChI=1S/C15H21N3O2/c1-3-18-10-9-17(2)15(18)20-14(19)13(16)11-12-7-5-4-6-8-12/h4-10,13,15H,3,11,16H2,1-2H3/t13-,15?/m0/s1. The molecule has 0 saturated carbocycles. The molecule has 1 aliphatic heterocycles. The van der Waals surface area contributed by atoms with Crippen molar-refractivity contribution in [2.75, 3.05) is 13.6 Å². The van der Waals surface area contributed by atoms with Gasteiger partial charge in [0.05, 0.1) is 0 Å². The van der Waals surface area contributed by atoms with E-state index in [0.717, 1.165) is 12.1 Å². The van der Waals surface area contributed by atoms with Crippen molar-refractivity contribution >= 4 is 5.97 Å². The first kappa shape index (κ1) is 14.4. The molecule has 1 aliphatic rings. The van der Waals surface area contributed by atoms with Crippen LogP contribution in [0.3, 0.4) is 0 Å². The first-order chi connectivity index (χ1) is 9.61. The van der Waals surface area contributed by atoms with Gasteiger partial charge in [-0.3, -0.25) is 4.79 Å². The molecular weight excluding hydrogens is 254 g/mol. The molecule has 5 heteroatoms. The number of hydrogen-bond donors (Lipinski definition) is 1. The van der Waals surface area contributed by atoms with Crippen LogP contribution in [0.2, 0.25) is 0 Å². The molecule has 1 aromatic carbocycles. The molecule has 0 aliphatic carbocycles. The van der Waals surface area contributed by atoms with E-state index in [9.17, 15) is 4.79 Å². The summed E-state index contributed by atoms with van der Waals surface area (Å²) in [5.41, 5.74) is 6.96. The minimum atomic E-state index is -0.648. The lowest BCUT2D eigenvalue weighted by Gasteiger charge is -2.29. The van der Waals surface area contributed by atoms with Crippen molar-refractivity contribution < 1.29 is 9.53 Å². The van der Waals surface area contributed by atoms with Gasteiger partial charge < -0.3 is 20.3 Å². The fourth-order valence-electron chi connectivity index (χ4n) is 2.13. The van der Waals surface area contributed by atoms with Gasteiger partial charge in [-0.1, -0.05) is 30.3 Å². The maximum absolute atomic E-state index is 12.1. The predicted octanol–water partition coefficient (Wildman–Crippen LogP) is 1.12. The zero-order valence-corrected chi connectivity index (χ0v) is 11.9. The van der Waals surface area contributed by atoms with Crippen molar-refractivity contribution in [1.29, 1.82) is 0 Å². The number of benzene rings is 1. The zero-order valence-electron chi connectivity index (χ0n) is 11.9. The van der Waals surface area contributed by atoms with Crippen LogP contribution in [0.1, 0.15) is 12.5 Å². The Morgan fingerprint density at radius 1 is 1.35 bits per heavy atom. The largest absolute Gasteiger partial charge is 0.421 e. The number of ether oxygens (including phenoxy) is 1. The Morgan fingerprint density at radius 3 is 2.70 bits per heavy atom. The number of esters is 1. The Balaban J connectivity index is 1.91. The van der Waals surface area contributed by atoms with E-state index in [0.29, 0.717) is 6.42 Å². The zero-order chi connectivity index (χ0) is 14.5. The summed E-state index contributed by atoms with van der Waals surface area (Å²) in [6.07, 6.45) is 3.87. The number of nitrogens with zero attached hydrogens (tertiary/aromatic N) is 2. The van der Waals surface area contributed by atoms with Crippen LogP contribution in [0.15, 0.2) is 42.7 Å². The fraction of sp³-hybridized carbons (Fsp3) is 0.400. The van der Waals surface area contributed by atoms with Crippen molar-refractivity contribution in [1.82, 2.24) is 9.80 Å². The second-order valence-electron chi connectivity index (χ2n) is 4.85. The van der Waals surface area contributed by atoms with Gasteiger partial charge in [0.15, 0.2) is 0 Å². The minimum absolute atomic E-state index is 0.382. The summed E-state index contributed by atoms with van der Waals surface area (Å²) in [5.74, 6) is -0.382. The van der Waals surface area contributed by atoms with Crippen LogP contribution in [-0.4, -0.2) is 41.8 Å². The van der Waals surface area contributed by atoms with E-state index in [1.54, 1.807) is 0 Å². The summed E-state index contributed by atoms with van der Waals surface area (Å²) in [7, 11) is 1.87. The van der Waals surface area contributed by atoms with E-state index in [2.05, 4.69) is 0 Å². The third-order valence-corrected chi connectivity index (χ3v) is 3.31. The highest BCUT2D eigenvalue weighted by Crippen LogP contribution is 2.15. The molecule has 0 fully saturated rings. The molecule has 2 rings (SSSR count). The molecule has 0 aromatic heterocycles. The summed E-state index contributed by atoms with van der Waals surface area (Å²) in [5, 5.41) is 0. The van der Waals surface area contributed by atoms with E-state index < -0.39 is 12.4 Å². The molecule has 2 N–H and O–H groups in total. The molecule has 0 saturated heterocycles. The van der Waals surface area contributed by atoms with Crippen LogP contribution >= 0.6 is 0 Å². The van der Waals surface area contributed by atoms with Crippen LogP contribution in [0, 0.1) is 0 Å². The van der Waals surface area contributed by atoms with Gasteiger partial charge in [-0.25, -0.2) is 0 Å². The van der Waals surface area contributed by atoms with E-state index in [-0.39, 0.29) is 5.97 Å². The Bertz CT molecular complexity index is 475. The number of nitrogens with two attached hydrogens (primary N) is 1. The molecule has 5 nitrogen and oxygen atoms in total. The summed E-state index contributed by atoms with van der Waals surface area (Å²) >= 11 is 0. The van der Waals surface area contributed by atoms with Crippen LogP contribution < -0.4 is 5.73 Å². The average molecular weight is 275 g/mol. The molecule has 108 valence electrons. The smallest absolute Gasteiger partial charge is 0.326 e. The van der Waals surface area contributed by atoms with Gasteiger partial charge in [-0.2, -0.15) is 0 Å². The number of carbonyl (C=O) groups excluding carboxylic acids is 1. The van der Waals surface area contributed by atoms with Crippen molar-refractivity contribution in [2.24, 2.45) is 5.73 Å². The topological polar surface area (TPSA) is 58.8 Å². The second kappa shape index (κ2) is 6.43. The van der Waals surface area contributed by atoms with Crippen molar-refractivity contribution in [3.63, 3.8) is 0 Å². The molecule has 0 radical (unpaired) electrons. The highest BCUT2D eigenvalue weighted by molar-refractivity contribution is 5.76. The highest BCUT2D eigenvalue weighted by atomic mass is 16.6. The minimum Gasteiger partial charge on any atom is -0.421 e. The van der Waals surface area contributed by atoms with Crippen LogP contribution in [0.5, 0.6) is 0 Å². The van der Waals surface area contributed by atoms with Gasteiger partial charge in [-0.05, 0) is 18.9 Å². The van der Waals surface area contributed by atoms with E-state index >= 15 is 0 Å². The molecule has 0 spiro atoms. The normalized spacial score (nSPS) is 19.2. The van der Waals surface area contributed by atoms with Gasteiger partial charge in [0.25, 0.3) is 6.35 Å². The van der Waals surface area contributed by atoms with Crippen molar-refractivity contribution in [2.45, 2.75) is 25.7 Å². The lowest BCUT2D eigenvalue weighted by atomic mass is 10.1. The summed E-state index contributed by atoms with van der Waals surface area (Å²) in [6, 6.07) is 9.06. The van der Waals surface area contributed by atoms with Gasteiger partial charge in [0.1, 0.15) is 6.04 Å². The third-order valence-electron chi connectivity index (χ3n) is 3.31. The average Bonchev–Trinajstić information content (AvgIpc) is 2.80. The molecule has 20 heavy (non-hydrogen) atoms. The maximum atomic E-state index is 12.1. The Hall–Kier alpha value is -2.01. The third kappa shape index (κ3) is 3.30. The first-order valence-electron chi connectivity index (χ1n) is 6.78. The Kier molecular flexibility index (Phi) is 4.63. The lowest BCUT2D eigenvalue weighted by Crippen LogP contribution is -2.45. The van der Waals surface area contributed by atoms with Crippen molar-refractivity contribution in [3.8, 4) is 0 Å². The Morgan fingerprint density at radius 2 is 2.05 bits per heavy atom. The van der Waals surface area contributed by atoms with E-state index in [4.69, 9.17) is 10.5 Å². The predicted molar refractivity (Wildman–Crippen MR) is 77.3 cm³/mol. The van der Waals surface area contributed by atoms with Crippen molar-refractivity contribution in [3.05, 3.63) is 48.3 Å². The molecule has 1 aromatic rings. The van der Waals surface area contributed by atoms with Gasteiger partial charge in [0, 0.05) is 26.0 Å². The van der Waals surface area contributed by atoms with Crippen LogP contribution in [-0.2, 0) is 16.0 Å². The molecular formula is C15H21N3O2. The molecule has 1 heterocycles. The van der Waals surface area contributed by atoms with Crippen LogP contribution in [0.25, 0.3) is 0 Å². The van der Waals surface area contributed by atoms with Gasteiger partial charge >= 0.3 is 5.97 Å². The lowest BCUT2D eigenvalue weighted by molar-refractivity contribution is -0.168. The van der Waals surface area contributed by atoms with Gasteiger partial charge in [0.2, 0.25) is 0 Å². The number of rotatable bonds is 5. The van der Waals surface area contributed by atoms with Gasteiger partial charge in [-0.15, -0.1) is 0 Å². The fourth-order valence-corrected chi connectivity index (χ4v) is 2.13. The first-order valence-corrected chi connectivity index (χ1v) is 6.78. The molecule has 1 unspecified atom stereocenters.